The highest BCUT2D eigenvalue weighted by molar-refractivity contribution is 7.99. The summed E-state index contributed by atoms with van der Waals surface area (Å²) in [6, 6.07) is 0. The van der Waals surface area contributed by atoms with Crippen molar-refractivity contribution < 1.29 is 33.2 Å². The number of alkyl halides is 3. The third-order valence-electron chi connectivity index (χ3n) is 4.07. The number of aliphatic hydroxyl groups excluding tert-OH is 3. The molecule has 14 heteroatoms. The van der Waals surface area contributed by atoms with E-state index in [9.17, 15) is 28.5 Å². The summed E-state index contributed by atoms with van der Waals surface area (Å²) in [5.41, 5.74) is 0.422. The van der Waals surface area contributed by atoms with Crippen molar-refractivity contribution in [2.24, 2.45) is 0 Å². The van der Waals surface area contributed by atoms with Gasteiger partial charge in [-0.3, -0.25) is 4.57 Å². The number of halogens is 3. The van der Waals surface area contributed by atoms with Crippen LogP contribution in [-0.4, -0.2) is 91.2 Å². The van der Waals surface area contributed by atoms with Crippen LogP contribution in [0.4, 0.5) is 19.0 Å². The molecule has 0 aliphatic rings. The SMILES string of the molecule is COC(CO)[C@@H](O)[C@@H](O)n1cnc2c(NCCSC)nc(SCCC(F)(F)F)nc21. The maximum atomic E-state index is 12.5. The number of nitrogens with zero attached hydrogens (tertiary/aromatic N) is 4. The summed E-state index contributed by atoms with van der Waals surface area (Å²) in [7, 11) is 1.27. The molecule has 0 radical (unpaired) electrons. The Morgan fingerprint density at radius 3 is 2.60 bits per heavy atom. The van der Waals surface area contributed by atoms with Gasteiger partial charge in [-0.2, -0.15) is 24.9 Å². The van der Waals surface area contributed by atoms with Crippen LogP contribution in [0.2, 0.25) is 0 Å². The molecule has 3 atom stereocenters. The Kier molecular flexibility index (Phi) is 9.43. The molecule has 2 aromatic heterocycles. The Morgan fingerprint density at radius 1 is 1.27 bits per heavy atom. The Labute approximate surface area is 179 Å². The molecule has 2 aromatic rings. The second kappa shape index (κ2) is 11.3. The number of ether oxygens (including phenoxy) is 1. The molecule has 170 valence electrons. The predicted octanol–water partition coefficient (Wildman–Crippen LogP) is 1.50. The lowest BCUT2D eigenvalue weighted by Gasteiger charge is -2.25. The van der Waals surface area contributed by atoms with Gasteiger partial charge in [-0.15, -0.1) is 0 Å². The molecule has 0 bridgehead atoms. The molecule has 0 fully saturated rings. The fourth-order valence-electron chi connectivity index (χ4n) is 2.49. The maximum Gasteiger partial charge on any atom is 0.389 e. The number of thioether (sulfide) groups is 2. The van der Waals surface area contributed by atoms with E-state index in [-0.39, 0.29) is 16.6 Å². The number of aromatic nitrogens is 4. The lowest BCUT2D eigenvalue weighted by Crippen LogP contribution is -2.38. The van der Waals surface area contributed by atoms with Gasteiger partial charge in [-0.1, -0.05) is 11.8 Å². The Hall–Kier alpha value is -1.32. The molecular weight excluding hydrogens is 447 g/mol. The van der Waals surface area contributed by atoms with Crippen LogP contribution in [0.1, 0.15) is 12.6 Å². The van der Waals surface area contributed by atoms with Crippen LogP contribution in [0.25, 0.3) is 11.2 Å². The zero-order chi connectivity index (χ0) is 22.3. The van der Waals surface area contributed by atoms with Gasteiger partial charge in [0.1, 0.15) is 12.2 Å². The quantitative estimate of drug-likeness (QED) is 0.206. The second-order valence-corrected chi connectivity index (χ2v) is 8.22. The van der Waals surface area contributed by atoms with Crippen LogP contribution < -0.4 is 5.32 Å². The van der Waals surface area contributed by atoms with E-state index in [4.69, 9.17) is 4.74 Å². The molecule has 0 aliphatic carbocycles. The Morgan fingerprint density at radius 2 is 2.00 bits per heavy atom. The van der Waals surface area contributed by atoms with Crippen molar-refractivity contribution in [1.29, 1.82) is 0 Å². The van der Waals surface area contributed by atoms with Crippen molar-refractivity contribution in [2.75, 3.05) is 43.3 Å². The van der Waals surface area contributed by atoms with Gasteiger partial charge < -0.3 is 25.4 Å². The van der Waals surface area contributed by atoms with E-state index in [1.165, 1.54) is 13.4 Å². The largest absolute Gasteiger partial charge is 0.394 e. The molecular formula is C16H24F3N5O4S2. The number of imidazole rings is 1. The van der Waals surface area contributed by atoms with E-state index in [1.807, 2.05) is 6.26 Å². The first-order chi connectivity index (χ1) is 14.2. The fourth-order valence-corrected chi connectivity index (χ4v) is 3.62. The summed E-state index contributed by atoms with van der Waals surface area (Å²) >= 11 is 2.42. The summed E-state index contributed by atoms with van der Waals surface area (Å²) < 4.78 is 43.5. The molecule has 9 nitrogen and oxygen atoms in total. The minimum atomic E-state index is -4.29. The van der Waals surface area contributed by atoms with Crippen molar-refractivity contribution >= 4 is 40.5 Å². The number of rotatable bonds is 12. The molecule has 0 aliphatic heterocycles. The van der Waals surface area contributed by atoms with Gasteiger partial charge in [0.2, 0.25) is 0 Å². The summed E-state index contributed by atoms with van der Waals surface area (Å²) in [6.07, 6.45) is -6.25. The first-order valence-electron chi connectivity index (χ1n) is 8.88. The van der Waals surface area contributed by atoms with Crippen molar-refractivity contribution in [2.45, 2.75) is 36.2 Å². The summed E-state index contributed by atoms with van der Waals surface area (Å²) in [4.78, 5) is 12.7. The molecule has 2 rings (SSSR count). The monoisotopic (exact) mass is 471 g/mol. The molecule has 4 N–H and O–H groups in total. The van der Waals surface area contributed by atoms with Crippen LogP contribution in [0.3, 0.4) is 0 Å². The van der Waals surface area contributed by atoms with Crippen molar-refractivity contribution in [3.8, 4) is 0 Å². The zero-order valence-electron chi connectivity index (χ0n) is 16.3. The van der Waals surface area contributed by atoms with E-state index in [0.29, 0.717) is 17.9 Å². The van der Waals surface area contributed by atoms with Gasteiger partial charge in [-0.25, -0.2) is 15.0 Å². The van der Waals surface area contributed by atoms with Gasteiger partial charge in [0.25, 0.3) is 0 Å². The van der Waals surface area contributed by atoms with Crippen LogP contribution >= 0.6 is 23.5 Å². The number of hydrogen-bond donors (Lipinski definition) is 4. The van der Waals surface area contributed by atoms with E-state index >= 15 is 0 Å². The minimum absolute atomic E-state index is 0.0762. The smallest absolute Gasteiger partial charge is 0.389 e. The Balaban J connectivity index is 2.37. The minimum Gasteiger partial charge on any atom is -0.394 e. The highest BCUT2D eigenvalue weighted by Crippen LogP contribution is 2.29. The summed E-state index contributed by atoms with van der Waals surface area (Å²) in [5, 5.41) is 33.2. The molecule has 1 unspecified atom stereocenters. The van der Waals surface area contributed by atoms with Gasteiger partial charge >= 0.3 is 6.18 Å². The van der Waals surface area contributed by atoms with Crippen molar-refractivity contribution in [3.05, 3.63) is 6.33 Å². The standard InChI is InChI=1S/C16H24F3N5O4S2/c1-28-9(7-25)11(26)14(27)24-8-21-10-12(20-4-6-29-2)22-15(23-13(10)24)30-5-3-16(17,18)19/h8-9,11,14,25-27H,3-7H2,1-2H3,(H,20,22,23)/t9?,11-,14-/m1/s1. The van der Waals surface area contributed by atoms with Crippen molar-refractivity contribution in [1.82, 2.24) is 19.5 Å². The molecule has 2 heterocycles. The van der Waals surface area contributed by atoms with E-state index in [2.05, 4.69) is 20.3 Å². The molecule has 0 spiro atoms. The number of anilines is 1. The third kappa shape index (κ3) is 6.59. The van der Waals surface area contributed by atoms with Gasteiger partial charge in [-0.05, 0) is 6.26 Å². The van der Waals surface area contributed by atoms with Crippen LogP contribution in [0, 0.1) is 0 Å². The van der Waals surface area contributed by atoms with Gasteiger partial charge in [0.15, 0.2) is 28.4 Å². The van der Waals surface area contributed by atoms with E-state index < -0.39 is 37.6 Å². The number of fused-ring (bicyclic) bond motifs is 1. The van der Waals surface area contributed by atoms with E-state index in [1.54, 1.807) is 11.8 Å². The lowest BCUT2D eigenvalue weighted by molar-refractivity contribution is -0.129. The second-order valence-electron chi connectivity index (χ2n) is 6.17. The normalized spacial score (nSPS) is 15.3. The summed E-state index contributed by atoms with van der Waals surface area (Å²) in [6.45, 7) is 0.00458. The number of aliphatic hydroxyl groups is 3. The van der Waals surface area contributed by atoms with Crippen molar-refractivity contribution in [3.63, 3.8) is 0 Å². The molecule has 0 aromatic carbocycles. The first-order valence-corrected chi connectivity index (χ1v) is 11.3. The zero-order valence-corrected chi connectivity index (χ0v) is 18.0. The summed E-state index contributed by atoms with van der Waals surface area (Å²) in [5.74, 6) is 0.805. The lowest BCUT2D eigenvalue weighted by atomic mass is 10.2. The van der Waals surface area contributed by atoms with Crippen LogP contribution in [0.15, 0.2) is 11.5 Å². The van der Waals surface area contributed by atoms with Crippen LogP contribution in [-0.2, 0) is 4.74 Å². The van der Waals surface area contributed by atoms with Gasteiger partial charge in [0.05, 0.1) is 19.4 Å². The molecule has 30 heavy (non-hydrogen) atoms. The average molecular weight is 472 g/mol. The third-order valence-corrected chi connectivity index (χ3v) is 5.53. The number of hydrogen-bond acceptors (Lipinski definition) is 10. The first kappa shape index (κ1) is 24.9. The fraction of sp³-hybridized carbons (Fsp3) is 0.688. The topological polar surface area (TPSA) is 126 Å². The van der Waals surface area contributed by atoms with Crippen LogP contribution in [0.5, 0.6) is 0 Å². The van der Waals surface area contributed by atoms with Gasteiger partial charge in [0, 0.05) is 25.2 Å². The van der Waals surface area contributed by atoms with E-state index in [0.717, 1.165) is 22.1 Å². The molecule has 0 amide bonds. The number of methoxy groups -OCH3 is 1. The highest BCUT2D eigenvalue weighted by Gasteiger charge is 2.30. The Bertz CT molecular complexity index is 807. The maximum absolute atomic E-state index is 12.5. The number of nitrogens with one attached hydrogen (secondary N) is 1. The molecule has 0 saturated heterocycles. The molecule has 0 saturated carbocycles. The predicted molar refractivity (Wildman–Crippen MR) is 109 cm³/mol. The highest BCUT2D eigenvalue weighted by atomic mass is 32.2. The average Bonchev–Trinajstić information content (AvgIpc) is 3.11.